The number of hydrogen-bond acceptors (Lipinski definition) is 23. The standard InChI is InChI=1S/C79H118N22O22S/c1-41(2)32-51(93-65(109)49(17-9-27-85-79(82)83)91-70(114)57-19-13-31-101(57)77(121)54(35-63(107)108)96-73(117)64(42(3)4)97-72(116)59-21-11-28-98(59)74(118)46(81)22-24-61(103)104)67(111)92-50(23-25-62(105)106)75(119)100-30-12-20-58(100)71(115)94-52(33-43-36-86-47-15-6-5-14-45(43)47)68(112)90-48(16-7-8-26-80)66(110)95-53(34-44-37-84-40-88-44)76(120)99-29-10-18-56(99)69(113)87-38-60(102)89-55(39-124)78(122)123/h5-6,14-15,36-37,40-42,46,48-59,64,86,124H,7-13,16-35,38-39,80-81H2,1-4H3,(H,84,88)(H,87,113)(H,89,102)(H,90,112)(H,91,114)(H,92,111)(H,93,109)(H,94,115)(H,95,110)(H,96,117)(H,97,116)(H,103,104)(H,105,106)(H,107,108)(H,122,123)(H4,82,83,85)/t46-,48-,49-,50-,51-,52-,53-,54-,55-,56-,57-,58-,59-,64-/m0/s1. The molecule has 6 heterocycles. The van der Waals surface area contributed by atoms with E-state index in [0.29, 0.717) is 41.4 Å². The number of para-hydroxylation sites is 1. The van der Waals surface area contributed by atoms with Gasteiger partial charge in [0, 0.05) is 87.5 Å². The minimum atomic E-state index is -1.84. The van der Waals surface area contributed by atoms with Gasteiger partial charge in [0.2, 0.25) is 82.7 Å². The number of imidazole rings is 1. The Morgan fingerprint density at radius 1 is 0.524 bits per heavy atom. The zero-order chi connectivity index (χ0) is 91.2. The first-order valence-electron chi connectivity index (χ1n) is 41.7. The molecule has 0 unspecified atom stereocenters. The largest absolute Gasteiger partial charge is 0.481 e. The Bertz CT molecular complexity index is 4320. The number of H-pyrrole nitrogens is 2. The van der Waals surface area contributed by atoms with E-state index >= 15 is 14.4 Å². The van der Waals surface area contributed by atoms with Crippen LogP contribution in [-0.2, 0) is 99.1 Å². The quantitative estimate of drug-likeness (QED) is 0.0110. The van der Waals surface area contributed by atoms with Crippen molar-refractivity contribution in [1.82, 2.24) is 93.0 Å². The van der Waals surface area contributed by atoms with Crippen molar-refractivity contribution in [2.24, 2.45) is 29.0 Å². The summed E-state index contributed by atoms with van der Waals surface area (Å²) in [5.41, 5.74) is 19.0. The van der Waals surface area contributed by atoms with E-state index in [1.165, 1.54) is 22.3 Å². The van der Waals surface area contributed by atoms with Gasteiger partial charge in [-0.15, -0.1) is 0 Å². The summed E-state index contributed by atoms with van der Waals surface area (Å²) in [7, 11) is 0. The number of amides is 14. The molecule has 1 aromatic carbocycles. The molecule has 4 fully saturated rings. The van der Waals surface area contributed by atoms with Gasteiger partial charge in [-0.1, -0.05) is 45.9 Å². The highest BCUT2D eigenvalue weighted by atomic mass is 32.1. The van der Waals surface area contributed by atoms with Gasteiger partial charge in [-0.3, -0.25) is 86.9 Å². The summed E-state index contributed by atoms with van der Waals surface area (Å²) in [5.74, 6) is -19.4. The lowest BCUT2D eigenvalue weighted by atomic mass is 10.0. The lowest BCUT2D eigenvalue weighted by molar-refractivity contribution is -0.146. The molecule has 4 aliphatic rings. The highest BCUT2D eigenvalue weighted by Gasteiger charge is 2.46. The smallest absolute Gasteiger partial charge is 0.327 e. The number of carbonyl (C=O) groups excluding carboxylic acids is 14. The molecule has 0 bridgehead atoms. The van der Waals surface area contributed by atoms with E-state index in [0.717, 1.165) is 9.80 Å². The van der Waals surface area contributed by atoms with Crippen molar-refractivity contribution in [2.75, 3.05) is 51.6 Å². The van der Waals surface area contributed by atoms with Crippen LogP contribution in [0.5, 0.6) is 0 Å². The van der Waals surface area contributed by atoms with Gasteiger partial charge in [0.15, 0.2) is 5.96 Å². The summed E-state index contributed by atoms with van der Waals surface area (Å²) in [5, 5.41) is 75.6. The van der Waals surface area contributed by atoms with E-state index in [2.05, 4.69) is 86.1 Å². The number of aromatic nitrogens is 3. The number of aliphatic carboxylic acids is 4. The number of thiol groups is 1. The first-order valence-corrected chi connectivity index (χ1v) is 42.3. The minimum absolute atomic E-state index is 0.00999. The van der Waals surface area contributed by atoms with Gasteiger partial charge >= 0.3 is 23.9 Å². The SMILES string of the molecule is CC(C)C[C@H](NC(=O)[C@H](CCCNC(=N)N)NC(=O)[C@@H]1CCCN1C(=O)[C@H](CC(=O)O)NC(=O)[C@@H](NC(=O)[C@@H]1CCCN1C(=O)[C@@H](N)CCC(=O)O)C(C)C)C(=O)N[C@@H](CCC(=O)O)C(=O)N1CCC[C@H]1C(=O)N[C@@H](Cc1c[nH]c2ccccc12)C(=O)N[C@@H](CCCCN)C(=O)N[C@@H](Cc1c[nH]cn1)C(=O)N1CCC[C@H]1C(=O)NCC(=O)N[C@@H](CS)C(=O)O. The number of nitrogens with two attached hydrogens (primary N) is 3. The Balaban J connectivity index is 1.08. The van der Waals surface area contributed by atoms with Crippen molar-refractivity contribution in [1.29, 1.82) is 5.41 Å². The zero-order valence-electron chi connectivity index (χ0n) is 69.8. The highest BCUT2D eigenvalue weighted by Crippen LogP contribution is 2.27. The van der Waals surface area contributed by atoms with Crippen molar-refractivity contribution in [3.63, 3.8) is 0 Å². The maximum absolute atomic E-state index is 15.2. The second kappa shape index (κ2) is 48.1. The lowest BCUT2D eigenvalue weighted by Gasteiger charge is -2.32. The summed E-state index contributed by atoms with van der Waals surface area (Å²) in [6, 6.07) is -12.9. The molecule has 0 aliphatic carbocycles. The van der Waals surface area contributed by atoms with E-state index in [1.807, 2.05) is 0 Å². The van der Waals surface area contributed by atoms with Crippen LogP contribution in [0, 0.1) is 17.2 Å². The number of nitrogens with one attached hydrogen (secondary N) is 14. The predicted octanol–water partition coefficient (Wildman–Crippen LogP) is -4.24. The van der Waals surface area contributed by atoms with E-state index < -0.39 is 241 Å². The fourth-order valence-electron chi connectivity index (χ4n) is 15.5. The highest BCUT2D eigenvalue weighted by molar-refractivity contribution is 7.80. The molecule has 682 valence electrons. The molecular formula is C79H118N22O22S. The summed E-state index contributed by atoms with van der Waals surface area (Å²) < 4.78 is 0. The van der Waals surface area contributed by atoms with Crippen LogP contribution in [0.15, 0.2) is 43.0 Å². The minimum Gasteiger partial charge on any atom is -0.481 e. The maximum Gasteiger partial charge on any atom is 0.327 e. The number of hydrogen-bond donors (Lipinski definition) is 22. The molecule has 7 rings (SSSR count). The molecule has 3 aromatic rings. The van der Waals surface area contributed by atoms with Gasteiger partial charge in [0.1, 0.15) is 78.5 Å². The number of benzene rings is 1. The number of guanidine groups is 1. The molecule has 0 radical (unpaired) electrons. The molecule has 44 nitrogen and oxygen atoms in total. The predicted molar refractivity (Wildman–Crippen MR) is 445 cm³/mol. The average Bonchev–Trinajstić information content (AvgIpc) is 1.64. The maximum atomic E-state index is 15.2. The molecule has 4 saturated heterocycles. The van der Waals surface area contributed by atoms with Crippen LogP contribution >= 0.6 is 12.6 Å². The Labute approximate surface area is 720 Å². The number of nitrogens with zero attached hydrogens (tertiary/aromatic N) is 5. The number of aromatic amines is 2. The van der Waals surface area contributed by atoms with Gasteiger partial charge in [0.05, 0.1) is 31.0 Å². The number of fused-ring (bicyclic) bond motifs is 1. The fraction of sp³-hybridized carbons (Fsp3) is 0.620. The average molecular weight is 1760 g/mol. The number of carboxylic acids is 4. The molecule has 4 aliphatic heterocycles. The number of likely N-dealkylation sites (tertiary alicyclic amines) is 4. The summed E-state index contributed by atoms with van der Waals surface area (Å²) in [4.78, 5) is 264. The van der Waals surface area contributed by atoms with Gasteiger partial charge in [-0.2, -0.15) is 12.6 Å². The number of rotatable bonds is 49. The van der Waals surface area contributed by atoms with E-state index in [9.17, 15) is 87.2 Å². The van der Waals surface area contributed by atoms with Crippen LogP contribution in [0.1, 0.15) is 161 Å². The van der Waals surface area contributed by atoms with Crippen LogP contribution < -0.4 is 75.7 Å². The van der Waals surface area contributed by atoms with Crippen LogP contribution in [0.4, 0.5) is 0 Å². The third-order valence-corrected chi connectivity index (χ3v) is 22.3. The molecule has 14 atom stereocenters. The summed E-state index contributed by atoms with van der Waals surface area (Å²) in [6.45, 7) is 5.96. The Morgan fingerprint density at radius 3 is 1.56 bits per heavy atom. The Hall–Kier alpha value is -12.0. The normalized spacial score (nSPS) is 18.7. The molecular weight excluding hydrogens is 1640 g/mol. The first-order chi connectivity index (χ1) is 58.9. The molecule has 14 amide bonds. The van der Waals surface area contributed by atoms with Crippen LogP contribution in [0.25, 0.3) is 10.9 Å². The van der Waals surface area contributed by atoms with Crippen LogP contribution in [0.2, 0.25) is 0 Å². The molecule has 2 aromatic heterocycles. The van der Waals surface area contributed by atoms with Crippen molar-refractivity contribution in [2.45, 2.75) is 247 Å². The van der Waals surface area contributed by atoms with E-state index in [-0.39, 0.29) is 135 Å². The molecule has 0 saturated carbocycles. The Morgan fingerprint density at radius 2 is 1.02 bits per heavy atom. The number of unbranched alkanes of at least 4 members (excludes halogenated alkanes) is 1. The van der Waals surface area contributed by atoms with Gasteiger partial charge in [-0.25, -0.2) is 9.78 Å². The van der Waals surface area contributed by atoms with Crippen molar-refractivity contribution < 1.29 is 107 Å². The molecule has 24 N–H and O–H groups in total. The van der Waals surface area contributed by atoms with Gasteiger partial charge < -0.3 is 126 Å². The number of carbonyl (C=O) groups is 18. The second-order valence-corrected chi connectivity index (χ2v) is 32.4. The molecule has 45 heteroatoms. The van der Waals surface area contributed by atoms with Crippen LogP contribution in [-0.4, -0.2) is 304 Å². The first kappa shape index (κ1) is 99.1. The lowest BCUT2D eigenvalue weighted by Crippen LogP contribution is -2.61. The van der Waals surface area contributed by atoms with Crippen LogP contribution in [0.3, 0.4) is 0 Å². The molecule has 124 heavy (non-hydrogen) atoms. The second-order valence-electron chi connectivity index (χ2n) is 32.1. The zero-order valence-corrected chi connectivity index (χ0v) is 70.7. The number of carboxylic acid groups (broad SMARTS) is 4. The summed E-state index contributed by atoms with van der Waals surface area (Å²) >= 11 is 3.95. The third kappa shape index (κ3) is 29.1. The Kier molecular flexibility index (Phi) is 38.5. The van der Waals surface area contributed by atoms with Gasteiger partial charge in [-0.05, 0) is 133 Å². The monoisotopic (exact) mass is 1760 g/mol. The molecule has 0 spiro atoms. The van der Waals surface area contributed by atoms with Crippen molar-refractivity contribution in [3.8, 4) is 0 Å². The topological polar surface area (TPSA) is 680 Å². The van der Waals surface area contributed by atoms with E-state index in [4.69, 9.17) is 27.7 Å². The van der Waals surface area contributed by atoms with Crippen molar-refractivity contribution >= 4 is 136 Å². The summed E-state index contributed by atoms with van der Waals surface area (Å²) in [6.07, 6.45) is 2.77. The van der Waals surface area contributed by atoms with Crippen molar-refractivity contribution in [3.05, 3.63) is 54.2 Å². The van der Waals surface area contributed by atoms with E-state index in [1.54, 1.807) is 58.2 Å². The fourth-order valence-corrected chi connectivity index (χ4v) is 15.8. The third-order valence-electron chi connectivity index (χ3n) is 21.9. The van der Waals surface area contributed by atoms with Gasteiger partial charge in [0.25, 0.3) is 0 Å².